The number of nitriles is 1. The van der Waals surface area contributed by atoms with Gasteiger partial charge in [0.2, 0.25) is 5.91 Å². The Balaban J connectivity index is 3.95. The first-order valence-corrected chi connectivity index (χ1v) is 5.81. The molecule has 0 saturated carbocycles. The second-order valence-electron chi connectivity index (χ2n) is 4.10. The number of Topliss-reactive ketones (excluding diaryl/α,β-unsaturated/α-hetero) is 1. The van der Waals surface area contributed by atoms with Crippen LogP contribution >= 0.6 is 0 Å². The summed E-state index contributed by atoms with van der Waals surface area (Å²) in [7, 11) is 1.66. The minimum atomic E-state index is -0.957. The average molecular weight is 240 g/mol. The van der Waals surface area contributed by atoms with Crippen molar-refractivity contribution in [2.24, 2.45) is 0 Å². The molecule has 0 aliphatic carbocycles. The third-order valence-corrected chi connectivity index (χ3v) is 2.41. The number of hydrogen-bond acceptors (Lipinski definition) is 4. The van der Waals surface area contributed by atoms with Crippen LogP contribution in [0.25, 0.3) is 0 Å². The molecule has 17 heavy (non-hydrogen) atoms. The molecule has 1 N–H and O–H groups in total. The Labute approximate surface area is 102 Å². The fourth-order valence-electron chi connectivity index (χ4n) is 1.34. The van der Waals surface area contributed by atoms with E-state index in [0.717, 1.165) is 12.8 Å². The van der Waals surface area contributed by atoms with Crippen LogP contribution in [0.3, 0.4) is 0 Å². The number of aliphatic hydroxyl groups excluding tert-OH is 1. The molecule has 0 spiro atoms. The Bertz CT molecular complexity index is 297. The van der Waals surface area contributed by atoms with E-state index in [9.17, 15) is 14.7 Å². The SMILES string of the molecule is CCCCN(C)C(=O)CC(=O)C[C@H](O)CC#N. The zero-order valence-corrected chi connectivity index (χ0v) is 10.5. The zero-order chi connectivity index (χ0) is 13.3. The molecule has 0 aliphatic rings. The minimum Gasteiger partial charge on any atom is -0.392 e. The summed E-state index contributed by atoms with van der Waals surface area (Å²) in [4.78, 5) is 24.5. The van der Waals surface area contributed by atoms with Crippen LogP contribution in [0.15, 0.2) is 0 Å². The van der Waals surface area contributed by atoms with E-state index in [0.29, 0.717) is 6.54 Å². The molecule has 0 fully saturated rings. The summed E-state index contributed by atoms with van der Waals surface area (Å²) in [6.45, 7) is 2.67. The summed E-state index contributed by atoms with van der Waals surface area (Å²) in [5.74, 6) is -0.547. The Hall–Kier alpha value is -1.41. The maximum absolute atomic E-state index is 11.6. The Morgan fingerprint density at radius 3 is 2.65 bits per heavy atom. The summed E-state index contributed by atoms with van der Waals surface area (Å²) >= 11 is 0. The van der Waals surface area contributed by atoms with E-state index in [-0.39, 0.29) is 31.0 Å². The maximum atomic E-state index is 11.6. The van der Waals surface area contributed by atoms with Crippen LogP contribution in [-0.4, -0.2) is 41.4 Å². The second-order valence-corrected chi connectivity index (χ2v) is 4.10. The van der Waals surface area contributed by atoms with E-state index < -0.39 is 6.10 Å². The van der Waals surface area contributed by atoms with E-state index >= 15 is 0 Å². The first-order chi connectivity index (χ1) is 8.01. The largest absolute Gasteiger partial charge is 0.392 e. The molecular weight excluding hydrogens is 220 g/mol. The third-order valence-electron chi connectivity index (χ3n) is 2.41. The fraction of sp³-hybridized carbons (Fsp3) is 0.750. The van der Waals surface area contributed by atoms with Gasteiger partial charge in [-0.3, -0.25) is 9.59 Å². The van der Waals surface area contributed by atoms with Crippen molar-refractivity contribution in [3.8, 4) is 6.07 Å². The smallest absolute Gasteiger partial charge is 0.229 e. The summed E-state index contributed by atoms with van der Waals surface area (Å²) in [5.41, 5.74) is 0. The molecule has 1 atom stereocenters. The molecule has 0 aromatic carbocycles. The average Bonchev–Trinajstić information content (AvgIpc) is 2.25. The molecule has 0 saturated heterocycles. The predicted octanol–water partition coefficient (Wildman–Crippen LogP) is 0.869. The number of carbonyl (C=O) groups is 2. The predicted molar refractivity (Wildman–Crippen MR) is 63.0 cm³/mol. The van der Waals surface area contributed by atoms with E-state index in [4.69, 9.17) is 5.26 Å². The molecule has 1 amide bonds. The van der Waals surface area contributed by atoms with Crippen molar-refractivity contribution < 1.29 is 14.7 Å². The monoisotopic (exact) mass is 240 g/mol. The van der Waals surface area contributed by atoms with Crippen molar-refractivity contribution >= 4 is 11.7 Å². The van der Waals surface area contributed by atoms with E-state index in [1.165, 1.54) is 4.90 Å². The van der Waals surface area contributed by atoms with Gasteiger partial charge in [-0.1, -0.05) is 13.3 Å². The summed E-state index contributed by atoms with van der Waals surface area (Å²) < 4.78 is 0. The molecule has 5 heteroatoms. The lowest BCUT2D eigenvalue weighted by Crippen LogP contribution is -2.30. The fourth-order valence-corrected chi connectivity index (χ4v) is 1.34. The van der Waals surface area contributed by atoms with Gasteiger partial charge in [-0.25, -0.2) is 0 Å². The minimum absolute atomic E-state index is 0.0778. The van der Waals surface area contributed by atoms with Crippen LogP contribution in [0.1, 0.15) is 39.0 Å². The van der Waals surface area contributed by atoms with Gasteiger partial charge in [-0.2, -0.15) is 5.26 Å². The first kappa shape index (κ1) is 15.6. The van der Waals surface area contributed by atoms with Crippen LogP contribution in [-0.2, 0) is 9.59 Å². The van der Waals surface area contributed by atoms with Gasteiger partial charge in [0.05, 0.1) is 25.0 Å². The van der Waals surface area contributed by atoms with Crippen LogP contribution < -0.4 is 0 Å². The lowest BCUT2D eigenvalue weighted by atomic mass is 10.1. The molecule has 0 aromatic heterocycles. The van der Waals surface area contributed by atoms with Gasteiger partial charge in [0, 0.05) is 20.0 Å². The number of rotatable bonds is 8. The molecule has 0 bridgehead atoms. The molecule has 0 aromatic rings. The van der Waals surface area contributed by atoms with Gasteiger partial charge in [0.15, 0.2) is 0 Å². The van der Waals surface area contributed by atoms with Crippen LogP contribution in [0.5, 0.6) is 0 Å². The Morgan fingerprint density at radius 2 is 2.12 bits per heavy atom. The Kier molecular flexibility index (Phi) is 7.99. The second kappa shape index (κ2) is 8.71. The quantitative estimate of drug-likeness (QED) is 0.638. The lowest BCUT2D eigenvalue weighted by molar-refractivity contribution is -0.135. The first-order valence-electron chi connectivity index (χ1n) is 5.81. The number of ketones is 1. The number of amides is 1. The van der Waals surface area contributed by atoms with Crippen LogP contribution in [0.4, 0.5) is 0 Å². The molecule has 0 rings (SSSR count). The van der Waals surface area contributed by atoms with Crippen molar-refractivity contribution in [3.05, 3.63) is 0 Å². The van der Waals surface area contributed by atoms with Crippen LogP contribution in [0, 0.1) is 11.3 Å². The van der Waals surface area contributed by atoms with Gasteiger partial charge in [0.1, 0.15) is 5.78 Å². The van der Waals surface area contributed by atoms with Gasteiger partial charge in [0.25, 0.3) is 0 Å². The van der Waals surface area contributed by atoms with Gasteiger partial charge in [-0.15, -0.1) is 0 Å². The van der Waals surface area contributed by atoms with Gasteiger partial charge >= 0.3 is 0 Å². The number of aliphatic hydroxyl groups is 1. The molecular formula is C12H20N2O3. The van der Waals surface area contributed by atoms with Crippen molar-refractivity contribution in [1.29, 1.82) is 5.26 Å². The third kappa shape index (κ3) is 7.47. The highest BCUT2D eigenvalue weighted by molar-refractivity contribution is 5.98. The van der Waals surface area contributed by atoms with Crippen molar-refractivity contribution in [2.75, 3.05) is 13.6 Å². The Morgan fingerprint density at radius 1 is 1.47 bits per heavy atom. The highest BCUT2D eigenvalue weighted by atomic mass is 16.3. The molecule has 0 aliphatic heterocycles. The summed E-state index contributed by atoms with van der Waals surface area (Å²) in [6.07, 6.45) is 0.552. The highest BCUT2D eigenvalue weighted by Crippen LogP contribution is 2.03. The highest BCUT2D eigenvalue weighted by Gasteiger charge is 2.16. The summed E-state index contributed by atoms with van der Waals surface area (Å²) in [5, 5.41) is 17.6. The number of hydrogen-bond donors (Lipinski definition) is 1. The van der Waals surface area contributed by atoms with E-state index in [1.54, 1.807) is 13.1 Å². The standard InChI is InChI=1S/C12H20N2O3/c1-3-4-7-14(2)12(17)9-11(16)8-10(15)5-6-13/h10,15H,3-5,7-9H2,1-2H3/t10-/m1/s1. The number of nitrogens with zero attached hydrogens (tertiary/aromatic N) is 2. The number of carbonyl (C=O) groups excluding carboxylic acids is 2. The zero-order valence-electron chi connectivity index (χ0n) is 10.5. The van der Waals surface area contributed by atoms with Crippen molar-refractivity contribution in [2.45, 2.75) is 45.1 Å². The van der Waals surface area contributed by atoms with Crippen molar-refractivity contribution in [1.82, 2.24) is 4.90 Å². The molecule has 96 valence electrons. The van der Waals surface area contributed by atoms with Gasteiger partial charge < -0.3 is 10.0 Å². The molecule has 0 heterocycles. The van der Waals surface area contributed by atoms with Gasteiger partial charge in [-0.05, 0) is 6.42 Å². The molecule has 5 nitrogen and oxygen atoms in total. The molecule has 0 radical (unpaired) electrons. The number of unbranched alkanes of at least 4 members (excludes halogenated alkanes) is 1. The topological polar surface area (TPSA) is 81.4 Å². The maximum Gasteiger partial charge on any atom is 0.229 e. The van der Waals surface area contributed by atoms with Crippen LogP contribution in [0.2, 0.25) is 0 Å². The lowest BCUT2D eigenvalue weighted by Gasteiger charge is -2.16. The summed E-state index contributed by atoms with van der Waals surface area (Å²) in [6, 6.07) is 1.78. The van der Waals surface area contributed by atoms with E-state index in [1.807, 2.05) is 6.92 Å². The molecule has 0 unspecified atom stereocenters. The van der Waals surface area contributed by atoms with E-state index in [2.05, 4.69) is 0 Å². The normalized spacial score (nSPS) is 11.6. The van der Waals surface area contributed by atoms with Crippen molar-refractivity contribution in [3.63, 3.8) is 0 Å².